The van der Waals surface area contributed by atoms with Gasteiger partial charge in [-0.15, -0.1) is 34.2 Å². The van der Waals surface area contributed by atoms with Crippen LogP contribution < -0.4 is 15.4 Å². The lowest BCUT2D eigenvalue weighted by atomic mass is 10.1. The van der Waals surface area contributed by atoms with Gasteiger partial charge in [0.05, 0.1) is 19.7 Å². The fraction of sp³-hybridized carbons (Fsp3) is 0.591. The zero-order valence-electron chi connectivity index (χ0n) is 19.4. The topological polar surface area (TPSA) is 85.6 Å². The van der Waals surface area contributed by atoms with Crippen molar-refractivity contribution >= 4 is 29.9 Å². The summed E-state index contributed by atoms with van der Waals surface area (Å²) in [5.74, 6) is 3.40. The Labute approximate surface area is 203 Å². The van der Waals surface area contributed by atoms with Gasteiger partial charge in [0.15, 0.2) is 11.8 Å². The number of nitrogens with one attached hydrogen (secondary N) is 2. The van der Waals surface area contributed by atoms with E-state index in [1.54, 1.807) is 7.11 Å². The van der Waals surface area contributed by atoms with Crippen LogP contribution in [0.4, 0.5) is 0 Å². The summed E-state index contributed by atoms with van der Waals surface area (Å²) in [6.07, 6.45) is 3.07. The van der Waals surface area contributed by atoms with Gasteiger partial charge in [-0.05, 0) is 31.9 Å². The minimum Gasteiger partial charge on any atom is -0.493 e. The Kier molecular flexibility index (Phi) is 13.1. The van der Waals surface area contributed by atoms with Crippen molar-refractivity contribution in [3.8, 4) is 5.75 Å². The first-order chi connectivity index (χ1) is 14.5. The van der Waals surface area contributed by atoms with Crippen molar-refractivity contribution in [1.29, 1.82) is 0 Å². The maximum absolute atomic E-state index is 5.99. The molecule has 0 aliphatic heterocycles. The summed E-state index contributed by atoms with van der Waals surface area (Å²) in [5, 5.41) is 15.1. The van der Waals surface area contributed by atoms with Crippen molar-refractivity contribution in [3.05, 3.63) is 41.0 Å². The number of hydrogen-bond acceptors (Lipinski definition) is 5. The quantitative estimate of drug-likeness (QED) is 0.184. The van der Waals surface area contributed by atoms with E-state index in [4.69, 9.17) is 14.5 Å². The van der Waals surface area contributed by atoms with Gasteiger partial charge in [-0.2, -0.15) is 0 Å². The second kappa shape index (κ2) is 15.0. The van der Waals surface area contributed by atoms with Crippen molar-refractivity contribution in [1.82, 2.24) is 25.4 Å². The number of hydrogen-bond donors (Lipinski definition) is 2. The molecule has 1 heterocycles. The molecule has 0 saturated heterocycles. The lowest BCUT2D eigenvalue weighted by Gasteiger charge is -2.14. The molecule has 0 aliphatic rings. The van der Waals surface area contributed by atoms with Gasteiger partial charge in [-0.3, -0.25) is 0 Å². The summed E-state index contributed by atoms with van der Waals surface area (Å²) >= 11 is 0. The van der Waals surface area contributed by atoms with Gasteiger partial charge >= 0.3 is 0 Å². The average Bonchev–Trinajstić information content (AvgIpc) is 3.06. The average molecular weight is 544 g/mol. The van der Waals surface area contributed by atoms with Crippen LogP contribution in [0.1, 0.15) is 49.0 Å². The lowest BCUT2D eigenvalue weighted by molar-refractivity contribution is 0.172. The van der Waals surface area contributed by atoms with Crippen molar-refractivity contribution in [2.45, 2.75) is 53.1 Å². The normalized spacial score (nSPS) is 11.2. The van der Waals surface area contributed by atoms with E-state index >= 15 is 0 Å². The molecule has 0 unspecified atom stereocenters. The van der Waals surface area contributed by atoms with Crippen LogP contribution >= 0.6 is 24.0 Å². The molecule has 1 aromatic carbocycles. The fourth-order valence-corrected chi connectivity index (χ4v) is 2.80. The van der Waals surface area contributed by atoms with Crippen LogP contribution in [0.25, 0.3) is 0 Å². The van der Waals surface area contributed by atoms with Crippen LogP contribution in [0.15, 0.2) is 23.2 Å². The molecule has 0 spiro atoms. The molecule has 0 amide bonds. The molecule has 8 nitrogen and oxygen atoms in total. The molecule has 1 aromatic heterocycles. The molecule has 0 aliphatic carbocycles. The van der Waals surface area contributed by atoms with Gasteiger partial charge in [0, 0.05) is 39.3 Å². The Morgan fingerprint density at radius 2 is 1.94 bits per heavy atom. The van der Waals surface area contributed by atoms with Crippen LogP contribution in [-0.4, -0.2) is 47.6 Å². The molecule has 0 atom stereocenters. The number of unbranched alkanes of at least 4 members (excludes halogenated alkanes) is 1. The molecule has 2 aromatic rings. The molecule has 2 rings (SSSR count). The first-order valence-corrected chi connectivity index (χ1v) is 10.6. The molecular weight excluding hydrogens is 507 g/mol. The Balaban J connectivity index is 0.00000480. The van der Waals surface area contributed by atoms with Crippen LogP contribution in [0.3, 0.4) is 0 Å². The minimum absolute atomic E-state index is 0. The van der Waals surface area contributed by atoms with Crippen molar-refractivity contribution in [3.63, 3.8) is 0 Å². The highest BCUT2D eigenvalue weighted by Gasteiger charge is 2.08. The summed E-state index contributed by atoms with van der Waals surface area (Å²) < 4.78 is 13.1. The predicted molar refractivity (Wildman–Crippen MR) is 135 cm³/mol. The Morgan fingerprint density at radius 1 is 1.13 bits per heavy atom. The van der Waals surface area contributed by atoms with Crippen LogP contribution in [-0.2, 0) is 24.9 Å². The number of aryl methyl sites for hydroxylation is 2. The highest BCUT2D eigenvalue weighted by atomic mass is 127. The maximum atomic E-state index is 5.99. The molecule has 0 saturated carbocycles. The molecule has 0 bridgehead atoms. The summed E-state index contributed by atoms with van der Waals surface area (Å²) in [4.78, 5) is 4.78. The fourth-order valence-electron chi connectivity index (χ4n) is 2.80. The Morgan fingerprint density at radius 3 is 2.61 bits per heavy atom. The van der Waals surface area contributed by atoms with E-state index in [1.807, 2.05) is 18.5 Å². The lowest BCUT2D eigenvalue weighted by Crippen LogP contribution is -2.38. The molecule has 2 N–H and O–H groups in total. The van der Waals surface area contributed by atoms with E-state index in [-0.39, 0.29) is 24.0 Å². The second-order valence-electron chi connectivity index (χ2n) is 7.33. The third-order valence-corrected chi connectivity index (χ3v) is 4.80. The smallest absolute Gasteiger partial charge is 0.191 e. The summed E-state index contributed by atoms with van der Waals surface area (Å²) in [6, 6.07) is 6.24. The van der Waals surface area contributed by atoms with E-state index in [9.17, 15) is 0 Å². The highest BCUT2D eigenvalue weighted by molar-refractivity contribution is 14.0. The summed E-state index contributed by atoms with van der Waals surface area (Å²) in [7, 11) is 3.67. The zero-order valence-corrected chi connectivity index (χ0v) is 21.7. The van der Waals surface area contributed by atoms with E-state index in [1.165, 1.54) is 5.56 Å². The van der Waals surface area contributed by atoms with Gasteiger partial charge in [0.2, 0.25) is 0 Å². The number of aromatic nitrogens is 3. The van der Waals surface area contributed by atoms with Gasteiger partial charge in [-0.25, -0.2) is 4.99 Å². The van der Waals surface area contributed by atoms with Crippen molar-refractivity contribution in [2.24, 2.45) is 12.0 Å². The van der Waals surface area contributed by atoms with Crippen LogP contribution in [0.5, 0.6) is 5.75 Å². The van der Waals surface area contributed by atoms with Gasteiger partial charge in [0.1, 0.15) is 11.6 Å². The van der Waals surface area contributed by atoms with Crippen LogP contribution in [0.2, 0.25) is 0 Å². The third-order valence-electron chi connectivity index (χ3n) is 4.80. The van der Waals surface area contributed by atoms with E-state index in [0.717, 1.165) is 54.7 Å². The van der Waals surface area contributed by atoms with Gasteiger partial charge < -0.3 is 24.7 Å². The number of halogens is 1. The number of nitrogens with zero attached hydrogens (tertiary/aromatic N) is 4. The van der Waals surface area contributed by atoms with E-state index in [0.29, 0.717) is 26.3 Å². The third kappa shape index (κ3) is 9.42. The number of methoxy groups -OCH3 is 1. The maximum Gasteiger partial charge on any atom is 0.191 e. The van der Waals surface area contributed by atoms with Crippen LogP contribution in [0, 0.1) is 13.8 Å². The molecular formula is C22H37IN6O2. The summed E-state index contributed by atoms with van der Waals surface area (Å²) in [5.41, 5.74) is 2.23. The SMILES string of the molecule is CCCCNC(=NCc1ccc(C)cc1OCCCOC)NCc1nnc(C)n1C.I. The van der Waals surface area contributed by atoms with Crippen molar-refractivity contribution in [2.75, 3.05) is 26.9 Å². The molecule has 31 heavy (non-hydrogen) atoms. The van der Waals surface area contributed by atoms with Crippen molar-refractivity contribution < 1.29 is 9.47 Å². The van der Waals surface area contributed by atoms with E-state index in [2.05, 4.69) is 52.9 Å². The number of rotatable bonds is 12. The molecule has 9 heteroatoms. The predicted octanol–water partition coefficient (Wildman–Crippen LogP) is 3.50. The van der Waals surface area contributed by atoms with E-state index < -0.39 is 0 Å². The number of benzene rings is 1. The molecule has 174 valence electrons. The standard InChI is InChI=1S/C22H36N6O2.HI/c1-6-7-11-23-22(25-16-21-27-26-18(3)28(21)4)24-15-19-10-9-17(2)14-20(19)30-13-8-12-29-5;/h9-10,14H,6-8,11-13,15-16H2,1-5H3,(H2,23,24,25);1H. The zero-order chi connectivity index (χ0) is 21.8. The first-order valence-electron chi connectivity index (χ1n) is 10.6. The second-order valence-corrected chi connectivity index (χ2v) is 7.33. The van der Waals surface area contributed by atoms with Gasteiger partial charge in [0.25, 0.3) is 0 Å². The Hall–Kier alpha value is -1.88. The molecule has 0 radical (unpaired) electrons. The minimum atomic E-state index is 0. The molecule has 0 fully saturated rings. The Bertz CT molecular complexity index is 809. The number of ether oxygens (including phenoxy) is 2. The summed E-state index contributed by atoms with van der Waals surface area (Å²) in [6.45, 7) is 9.45. The highest BCUT2D eigenvalue weighted by Crippen LogP contribution is 2.21. The first kappa shape index (κ1) is 27.2. The number of aliphatic imine (C=N–C) groups is 1. The van der Waals surface area contributed by atoms with Gasteiger partial charge in [-0.1, -0.05) is 25.5 Å². The monoisotopic (exact) mass is 544 g/mol. The largest absolute Gasteiger partial charge is 0.493 e. The number of guanidine groups is 1.